The van der Waals surface area contributed by atoms with Gasteiger partial charge in [-0.2, -0.15) is 0 Å². The predicted molar refractivity (Wildman–Crippen MR) is 78.4 cm³/mol. The highest BCUT2D eigenvalue weighted by atomic mass is 79.9. The van der Waals surface area contributed by atoms with E-state index in [9.17, 15) is 4.39 Å². The van der Waals surface area contributed by atoms with E-state index in [1.165, 1.54) is 12.1 Å². The first-order valence-corrected chi connectivity index (χ1v) is 6.70. The van der Waals surface area contributed by atoms with Crippen LogP contribution in [-0.4, -0.2) is 9.55 Å². The molecule has 0 atom stereocenters. The molecule has 1 heterocycles. The zero-order valence-corrected chi connectivity index (χ0v) is 11.5. The van der Waals surface area contributed by atoms with Crippen molar-refractivity contribution in [3.63, 3.8) is 0 Å². The smallest absolute Gasteiger partial charge is 0.123 e. The Morgan fingerprint density at radius 2 is 1.84 bits per heavy atom. The lowest BCUT2D eigenvalue weighted by atomic mass is 10.1. The van der Waals surface area contributed by atoms with Crippen LogP contribution in [0.2, 0.25) is 0 Å². The summed E-state index contributed by atoms with van der Waals surface area (Å²) in [5.74, 6) is -0.242. The third kappa shape index (κ3) is 2.19. The zero-order chi connectivity index (χ0) is 13.2. The molecule has 3 rings (SSSR count). The molecule has 19 heavy (non-hydrogen) atoms. The molecule has 0 fully saturated rings. The number of fused-ring (bicyclic) bond motifs is 1. The molecule has 2 nitrogen and oxygen atoms in total. The molecule has 0 saturated heterocycles. The van der Waals surface area contributed by atoms with E-state index >= 15 is 0 Å². The number of benzene rings is 2. The topological polar surface area (TPSA) is 17.8 Å². The summed E-state index contributed by atoms with van der Waals surface area (Å²) in [7, 11) is 0. The SMILES string of the molecule is Fc1ccc(C(=CBr)n2cnc3ccccc32)cc1. The van der Waals surface area contributed by atoms with Crippen LogP contribution in [-0.2, 0) is 0 Å². The molecule has 1 aromatic heterocycles. The molecule has 0 saturated carbocycles. The lowest BCUT2D eigenvalue weighted by Crippen LogP contribution is -1.96. The molecule has 0 aliphatic carbocycles. The van der Waals surface area contributed by atoms with Crippen LogP contribution in [0.3, 0.4) is 0 Å². The molecule has 4 heteroatoms. The number of imidazole rings is 1. The second-order valence-electron chi connectivity index (χ2n) is 4.10. The van der Waals surface area contributed by atoms with Crippen molar-refractivity contribution in [1.29, 1.82) is 0 Å². The van der Waals surface area contributed by atoms with Gasteiger partial charge in [-0.1, -0.05) is 28.1 Å². The fourth-order valence-corrected chi connectivity index (χ4v) is 2.51. The molecule has 3 aromatic rings. The minimum atomic E-state index is -0.242. The van der Waals surface area contributed by atoms with Crippen LogP contribution in [0.15, 0.2) is 59.8 Å². The van der Waals surface area contributed by atoms with Crippen molar-refractivity contribution in [2.45, 2.75) is 0 Å². The van der Waals surface area contributed by atoms with E-state index < -0.39 is 0 Å². The summed E-state index contributed by atoms with van der Waals surface area (Å²) in [5, 5.41) is 0. The summed E-state index contributed by atoms with van der Waals surface area (Å²) in [6, 6.07) is 14.3. The van der Waals surface area contributed by atoms with E-state index in [4.69, 9.17) is 0 Å². The van der Waals surface area contributed by atoms with Gasteiger partial charge in [-0.15, -0.1) is 0 Å². The average Bonchev–Trinajstić information content (AvgIpc) is 2.86. The Morgan fingerprint density at radius 1 is 1.11 bits per heavy atom. The Bertz CT molecular complexity index is 744. The van der Waals surface area contributed by atoms with Gasteiger partial charge in [0.25, 0.3) is 0 Å². The van der Waals surface area contributed by atoms with Crippen LogP contribution in [0.1, 0.15) is 5.56 Å². The second kappa shape index (κ2) is 4.97. The maximum atomic E-state index is 13.0. The van der Waals surface area contributed by atoms with Crippen LogP contribution in [0, 0.1) is 5.82 Å². The third-order valence-corrected chi connectivity index (χ3v) is 3.39. The standard InChI is InChI=1S/C15H10BrFN2/c16-9-15(11-5-7-12(17)8-6-11)19-10-18-13-3-1-2-4-14(13)19/h1-10H. The van der Waals surface area contributed by atoms with Gasteiger partial charge in [-0.25, -0.2) is 9.37 Å². The summed E-state index contributed by atoms with van der Waals surface area (Å²) >= 11 is 3.37. The first-order chi connectivity index (χ1) is 9.29. The van der Waals surface area contributed by atoms with Gasteiger partial charge < -0.3 is 0 Å². The quantitative estimate of drug-likeness (QED) is 0.684. The first-order valence-electron chi connectivity index (χ1n) is 5.78. The molecular formula is C15H10BrFN2. The van der Waals surface area contributed by atoms with Crippen LogP contribution in [0.5, 0.6) is 0 Å². The summed E-state index contributed by atoms with van der Waals surface area (Å²) in [4.78, 5) is 6.17. The van der Waals surface area contributed by atoms with Crippen LogP contribution in [0.25, 0.3) is 16.7 Å². The Kier molecular flexibility index (Phi) is 3.17. The molecule has 0 aliphatic heterocycles. The molecule has 0 spiro atoms. The normalized spacial score (nSPS) is 12.0. The Labute approximate surface area is 118 Å². The molecule has 0 aliphatic rings. The highest BCUT2D eigenvalue weighted by Gasteiger charge is 2.08. The summed E-state index contributed by atoms with van der Waals surface area (Å²) < 4.78 is 15.0. The van der Waals surface area contributed by atoms with Crippen molar-refractivity contribution >= 4 is 32.7 Å². The van der Waals surface area contributed by atoms with Gasteiger partial charge >= 0.3 is 0 Å². The third-order valence-electron chi connectivity index (χ3n) is 2.96. The number of halogens is 2. The van der Waals surface area contributed by atoms with Crippen LogP contribution < -0.4 is 0 Å². The van der Waals surface area contributed by atoms with Crippen molar-refractivity contribution in [1.82, 2.24) is 9.55 Å². The average molecular weight is 317 g/mol. The summed E-state index contributed by atoms with van der Waals surface area (Å²) in [6.45, 7) is 0. The number of hydrogen-bond acceptors (Lipinski definition) is 1. The zero-order valence-electron chi connectivity index (χ0n) is 9.92. The Balaban J connectivity index is 2.15. The minimum Gasteiger partial charge on any atom is -0.298 e. The van der Waals surface area contributed by atoms with Gasteiger partial charge in [0.05, 0.1) is 16.7 Å². The fourth-order valence-electron chi connectivity index (χ4n) is 2.03. The van der Waals surface area contributed by atoms with E-state index in [1.807, 2.05) is 33.8 Å². The lowest BCUT2D eigenvalue weighted by Gasteiger charge is -2.09. The first kappa shape index (κ1) is 12.1. The van der Waals surface area contributed by atoms with Gasteiger partial charge in [-0.05, 0) is 42.0 Å². The molecule has 0 N–H and O–H groups in total. The molecular weight excluding hydrogens is 307 g/mol. The number of nitrogens with zero attached hydrogens (tertiary/aromatic N) is 2. The Hall–Kier alpha value is -1.94. The number of aromatic nitrogens is 2. The number of hydrogen-bond donors (Lipinski definition) is 0. The molecule has 2 aromatic carbocycles. The maximum absolute atomic E-state index is 13.0. The summed E-state index contributed by atoms with van der Waals surface area (Å²) in [5.41, 5.74) is 3.77. The molecule has 94 valence electrons. The molecule has 0 unspecified atom stereocenters. The van der Waals surface area contributed by atoms with E-state index in [-0.39, 0.29) is 5.82 Å². The van der Waals surface area contributed by atoms with Gasteiger partial charge in [0, 0.05) is 4.99 Å². The lowest BCUT2D eigenvalue weighted by molar-refractivity contribution is 0.627. The number of para-hydroxylation sites is 2. The van der Waals surface area contributed by atoms with E-state index in [0.717, 1.165) is 22.3 Å². The van der Waals surface area contributed by atoms with Crippen molar-refractivity contribution in [3.05, 3.63) is 71.2 Å². The highest BCUT2D eigenvalue weighted by Crippen LogP contribution is 2.24. The maximum Gasteiger partial charge on any atom is 0.123 e. The Morgan fingerprint density at radius 3 is 2.58 bits per heavy atom. The monoisotopic (exact) mass is 316 g/mol. The van der Waals surface area contributed by atoms with Gasteiger partial charge in [-0.3, -0.25) is 4.57 Å². The van der Waals surface area contributed by atoms with Crippen molar-refractivity contribution < 1.29 is 4.39 Å². The minimum absolute atomic E-state index is 0.242. The van der Waals surface area contributed by atoms with Gasteiger partial charge in [0.15, 0.2) is 0 Å². The van der Waals surface area contributed by atoms with E-state index in [1.54, 1.807) is 18.5 Å². The van der Waals surface area contributed by atoms with Crippen LogP contribution in [0.4, 0.5) is 4.39 Å². The van der Waals surface area contributed by atoms with Crippen molar-refractivity contribution in [2.75, 3.05) is 0 Å². The van der Waals surface area contributed by atoms with Gasteiger partial charge in [0.1, 0.15) is 12.1 Å². The predicted octanol–water partition coefficient (Wildman–Crippen LogP) is 4.42. The van der Waals surface area contributed by atoms with E-state index in [0.29, 0.717) is 0 Å². The second-order valence-corrected chi connectivity index (χ2v) is 4.56. The molecule has 0 amide bonds. The highest BCUT2D eigenvalue weighted by molar-refractivity contribution is 9.11. The van der Waals surface area contributed by atoms with Crippen molar-refractivity contribution in [3.8, 4) is 0 Å². The van der Waals surface area contributed by atoms with E-state index in [2.05, 4.69) is 20.9 Å². The van der Waals surface area contributed by atoms with Gasteiger partial charge in [0.2, 0.25) is 0 Å². The fraction of sp³-hybridized carbons (Fsp3) is 0. The summed E-state index contributed by atoms with van der Waals surface area (Å²) in [6.07, 6.45) is 1.76. The molecule has 0 radical (unpaired) electrons. The van der Waals surface area contributed by atoms with Crippen LogP contribution >= 0.6 is 15.9 Å². The van der Waals surface area contributed by atoms with Crippen molar-refractivity contribution in [2.24, 2.45) is 0 Å². The molecule has 0 bridgehead atoms. The largest absolute Gasteiger partial charge is 0.298 e. The number of rotatable bonds is 2.